The molecule has 104 valence electrons. The van der Waals surface area contributed by atoms with Crippen molar-refractivity contribution in [2.45, 2.75) is 19.8 Å². The van der Waals surface area contributed by atoms with Gasteiger partial charge >= 0.3 is 5.97 Å². The highest BCUT2D eigenvalue weighted by Crippen LogP contribution is 2.24. The van der Waals surface area contributed by atoms with Crippen molar-refractivity contribution in [3.8, 4) is 0 Å². The zero-order valence-corrected chi connectivity index (χ0v) is 11.2. The summed E-state index contributed by atoms with van der Waals surface area (Å²) in [5.41, 5.74) is 1.77. The molecule has 0 saturated heterocycles. The third kappa shape index (κ3) is 3.15. The maximum Gasteiger partial charge on any atom is 0.337 e. The lowest BCUT2D eigenvalue weighted by atomic mass is 10.1. The van der Waals surface area contributed by atoms with E-state index in [9.17, 15) is 9.18 Å². The first-order valence-electron chi connectivity index (χ1n) is 6.49. The molecule has 0 radical (unpaired) electrons. The molecular formula is C16H16FNO2. The first-order chi connectivity index (χ1) is 9.61. The summed E-state index contributed by atoms with van der Waals surface area (Å²) >= 11 is 0. The second kappa shape index (κ2) is 6.19. The van der Waals surface area contributed by atoms with Crippen molar-refractivity contribution in [2.24, 2.45) is 0 Å². The number of carbonyl (C=O) groups is 1. The topological polar surface area (TPSA) is 49.3 Å². The highest BCUT2D eigenvalue weighted by molar-refractivity contribution is 5.95. The minimum Gasteiger partial charge on any atom is -0.478 e. The van der Waals surface area contributed by atoms with Gasteiger partial charge in [0, 0.05) is 5.69 Å². The average molecular weight is 273 g/mol. The third-order valence-corrected chi connectivity index (χ3v) is 3.01. The van der Waals surface area contributed by atoms with Crippen molar-refractivity contribution in [3.63, 3.8) is 0 Å². The van der Waals surface area contributed by atoms with E-state index < -0.39 is 11.8 Å². The number of benzene rings is 2. The minimum atomic E-state index is -1.16. The molecule has 0 aromatic heterocycles. The van der Waals surface area contributed by atoms with Crippen molar-refractivity contribution in [2.75, 3.05) is 5.32 Å². The molecule has 2 aromatic rings. The molecule has 2 rings (SSSR count). The zero-order valence-electron chi connectivity index (χ0n) is 11.2. The molecule has 0 spiro atoms. The van der Waals surface area contributed by atoms with Crippen molar-refractivity contribution in [1.82, 2.24) is 0 Å². The van der Waals surface area contributed by atoms with Crippen LogP contribution < -0.4 is 5.32 Å². The number of nitrogens with one attached hydrogen (secondary N) is 1. The molecule has 0 fully saturated rings. The van der Waals surface area contributed by atoms with Crippen LogP contribution in [0, 0.1) is 5.82 Å². The summed E-state index contributed by atoms with van der Waals surface area (Å²) in [6.45, 7) is 2.10. The van der Waals surface area contributed by atoms with Gasteiger partial charge in [-0.25, -0.2) is 9.18 Å². The fourth-order valence-corrected chi connectivity index (χ4v) is 2.02. The fraction of sp³-hybridized carbons (Fsp3) is 0.188. The lowest BCUT2D eigenvalue weighted by Gasteiger charge is -2.11. The number of rotatable bonds is 5. The van der Waals surface area contributed by atoms with E-state index in [-0.39, 0.29) is 11.3 Å². The highest BCUT2D eigenvalue weighted by atomic mass is 19.1. The van der Waals surface area contributed by atoms with Crippen molar-refractivity contribution >= 4 is 17.3 Å². The van der Waals surface area contributed by atoms with Crippen LogP contribution >= 0.6 is 0 Å². The number of halogens is 1. The van der Waals surface area contributed by atoms with Gasteiger partial charge in [-0.15, -0.1) is 0 Å². The van der Waals surface area contributed by atoms with E-state index in [0.29, 0.717) is 5.69 Å². The van der Waals surface area contributed by atoms with Crippen LogP contribution in [0.4, 0.5) is 15.8 Å². The van der Waals surface area contributed by atoms with Crippen molar-refractivity contribution in [3.05, 3.63) is 59.4 Å². The Hall–Kier alpha value is -2.36. The maximum atomic E-state index is 13.8. The van der Waals surface area contributed by atoms with Gasteiger partial charge in [0.2, 0.25) is 0 Å². The van der Waals surface area contributed by atoms with E-state index in [1.54, 1.807) is 0 Å². The van der Waals surface area contributed by atoms with Crippen LogP contribution in [-0.4, -0.2) is 11.1 Å². The Labute approximate surface area is 117 Å². The third-order valence-electron chi connectivity index (χ3n) is 3.01. The number of aromatic carboxylic acids is 1. The molecule has 2 aromatic carbocycles. The van der Waals surface area contributed by atoms with Crippen LogP contribution in [0.25, 0.3) is 0 Å². The Kier molecular flexibility index (Phi) is 4.35. The van der Waals surface area contributed by atoms with Crippen molar-refractivity contribution < 1.29 is 14.3 Å². The summed E-state index contributed by atoms with van der Waals surface area (Å²) in [6, 6.07) is 11.5. The summed E-state index contributed by atoms with van der Waals surface area (Å²) in [6.07, 6.45) is 2.05. The van der Waals surface area contributed by atoms with E-state index >= 15 is 0 Å². The van der Waals surface area contributed by atoms with Gasteiger partial charge in [-0.3, -0.25) is 0 Å². The summed E-state index contributed by atoms with van der Waals surface area (Å²) in [5, 5.41) is 11.9. The predicted octanol–water partition coefficient (Wildman–Crippen LogP) is 4.22. The van der Waals surface area contributed by atoms with E-state index in [2.05, 4.69) is 12.2 Å². The Balaban J connectivity index is 2.27. The molecule has 3 nitrogen and oxygen atoms in total. The number of carboxylic acid groups (broad SMARTS) is 1. The number of aryl methyl sites for hydroxylation is 1. The number of hydrogen-bond donors (Lipinski definition) is 2. The molecule has 0 aliphatic rings. The van der Waals surface area contributed by atoms with Gasteiger partial charge in [-0.05, 0) is 36.2 Å². The van der Waals surface area contributed by atoms with E-state index in [0.717, 1.165) is 12.8 Å². The molecule has 0 aliphatic heterocycles. The first kappa shape index (κ1) is 14.1. The number of hydrogen-bond acceptors (Lipinski definition) is 2. The number of para-hydroxylation sites is 1. The van der Waals surface area contributed by atoms with Crippen LogP contribution in [0.5, 0.6) is 0 Å². The van der Waals surface area contributed by atoms with E-state index in [1.165, 1.54) is 23.8 Å². The van der Waals surface area contributed by atoms with Gasteiger partial charge in [0.25, 0.3) is 0 Å². The SMILES string of the molecule is CCCc1ccc(Nc2c(F)cccc2C(=O)O)cc1. The zero-order chi connectivity index (χ0) is 14.5. The van der Waals surface area contributed by atoms with Crippen LogP contribution in [0.15, 0.2) is 42.5 Å². The number of anilines is 2. The quantitative estimate of drug-likeness (QED) is 0.857. The molecule has 4 heteroatoms. The molecule has 0 bridgehead atoms. The summed E-state index contributed by atoms with van der Waals surface area (Å²) in [5.74, 6) is -1.74. The van der Waals surface area contributed by atoms with Gasteiger partial charge in [-0.1, -0.05) is 31.5 Å². The van der Waals surface area contributed by atoms with Gasteiger partial charge in [-0.2, -0.15) is 0 Å². The fourth-order valence-electron chi connectivity index (χ4n) is 2.02. The normalized spacial score (nSPS) is 10.3. The molecular weight excluding hydrogens is 257 g/mol. The Morgan fingerprint density at radius 1 is 1.20 bits per heavy atom. The van der Waals surface area contributed by atoms with Gasteiger partial charge in [0.05, 0.1) is 11.3 Å². The van der Waals surface area contributed by atoms with Gasteiger partial charge in [0.1, 0.15) is 5.82 Å². The Bertz CT molecular complexity index is 608. The molecule has 0 aliphatic carbocycles. The standard InChI is InChI=1S/C16H16FNO2/c1-2-4-11-7-9-12(10-8-11)18-15-13(16(19)20)5-3-6-14(15)17/h3,5-10,18H,2,4H2,1H3,(H,19,20). The molecule has 0 amide bonds. The second-order valence-corrected chi connectivity index (χ2v) is 4.54. The summed E-state index contributed by atoms with van der Waals surface area (Å²) in [7, 11) is 0. The van der Waals surface area contributed by atoms with Gasteiger partial charge < -0.3 is 10.4 Å². The lowest BCUT2D eigenvalue weighted by Crippen LogP contribution is -2.04. The molecule has 0 heterocycles. The van der Waals surface area contributed by atoms with Crippen LogP contribution in [-0.2, 0) is 6.42 Å². The molecule has 20 heavy (non-hydrogen) atoms. The second-order valence-electron chi connectivity index (χ2n) is 4.54. The summed E-state index contributed by atoms with van der Waals surface area (Å²) in [4.78, 5) is 11.1. The van der Waals surface area contributed by atoms with Crippen molar-refractivity contribution in [1.29, 1.82) is 0 Å². The highest BCUT2D eigenvalue weighted by Gasteiger charge is 2.14. The largest absolute Gasteiger partial charge is 0.478 e. The smallest absolute Gasteiger partial charge is 0.337 e. The number of carboxylic acids is 1. The maximum absolute atomic E-state index is 13.8. The van der Waals surface area contributed by atoms with E-state index in [1.807, 2.05) is 24.3 Å². The molecule has 0 atom stereocenters. The average Bonchev–Trinajstić information content (AvgIpc) is 2.43. The predicted molar refractivity (Wildman–Crippen MR) is 77.1 cm³/mol. The molecule has 0 saturated carbocycles. The van der Waals surface area contributed by atoms with Crippen LogP contribution in [0.3, 0.4) is 0 Å². The Morgan fingerprint density at radius 3 is 2.50 bits per heavy atom. The summed E-state index contributed by atoms with van der Waals surface area (Å²) < 4.78 is 13.8. The van der Waals surface area contributed by atoms with Gasteiger partial charge in [0.15, 0.2) is 0 Å². The lowest BCUT2D eigenvalue weighted by molar-refractivity contribution is 0.0697. The van der Waals surface area contributed by atoms with Crippen LogP contribution in [0.1, 0.15) is 29.3 Å². The molecule has 0 unspecified atom stereocenters. The monoisotopic (exact) mass is 273 g/mol. The van der Waals surface area contributed by atoms with Crippen LogP contribution in [0.2, 0.25) is 0 Å². The minimum absolute atomic E-state index is 0.0109. The first-order valence-corrected chi connectivity index (χ1v) is 6.49. The molecule has 2 N–H and O–H groups in total. The van der Waals surface area contributed by atoms with E-state index in [4.69, 9.17) is 5.11 Å². The Morgan fingerprint density at radius 2 is 1.90 bits per heavy atom.